The van der Waals surface area contributed by atoms with Crippen LogP contribution in [0.2, 0.25) is 0 Å². The smallest absolute Gasteiger partial charge is 0.0958 e. The summed E-state index contributed by atoms with van der Waals surface area (Å²) in [5.74, 6) is 0. The summed E-state index contributed by atoms with van der Waals surface area (Å²) < 4.78 is 0. The Morgan fingerprint density at radius 3 is 1.50 bits per heavy atom. The van der Waals surface area contributed by atoms with Gasteiger partial charge in [-0.05, 0) is 32.1 Å². The molecular formula is C16H30O2. The van der Waals surface area contributed by atoms with Crippen LogP contribution >= 0.6 is 0 Å². The highest BCUT2D eigenvalue weighted by Crippen LogP contribution is 2.64. The minimum absolute atomic E-state index is 0.153. The lowest BCUT2D eigenvalue weighted by atomic mass is 9.45. The van der Waals surface area contributed by atoms with Gasteiger partial charge in [0.2, 0.25) is 0 Å². The zero-order valence-corrected chi connectivity index (χ0v) is 13.0. The second-order valence-corrected chi connectivity index (χ2v) is 7.56. The van der Waals surface area contributed by atoms with E-state index in [0.717, 1.165) is 0 Å². The molecule has 2 atom stereocenters. The summed E-state index contributed by atoms with van der Waals surface area (Å²) in [7, 11) is 0. The van der Waals surface area contributed by atoms with Crippen molar-refractivity contribution >= 4 is 0 Å². The molecule has 2 unspecified atom stereocenters. The van der Waals surface area contributed by atoms with Crippen LogP contribution in [0.1, 0.15) is 73.6 Å². The Morgan fingerprint density at radius 2 is 1.11 bits per heavy atom. The summed E-state index contributed by atoms with van der Waals surface area (Å²) in [4.78, 5) is 11.4. The molecule has 1 heterocycles. The molecule has 2 nitrogen and oxygen atoms in total. The fourth-order valence-electron chi connectivity index (χ4n) is 4.46. The molecule has 0 aromatic rings. The Morgan fingerprint density at radius 1 is 0.722 bits per heavy atom. The van der Waals surface area contributed by atoms with Crippen molar-refractivity contribution in [2.45, 2.75) is 85.9 Å². The summed E-state index contributed by atoms with van der Waals surface area (Å²) >= 11 is 0. The molecule has 2 fully saturated rings. The van der Waals surface area contributed by atoms with Crippen LogP contribution in [0.15, 0.2) is 0 Å². The van der Waals surface area contributed by atoms with Gasteiger partial charge in [-0.15, -0.1) is 0 Å². The van der Waals surface area contributed by atoms with Gasteiger partial charge in [0.05, 0.1) is 12.2 Å². The monoisotopic (exact) mass is 254 g/mol. The first kappa shape index (κ1) is 14.3. The van der Waals surface area contributed by atoms with Crippen LogP contribution in [0.25, 0.3) is 0 Å². The van der Waals surface area contributed by atoms with Crippen molar-refractivity contribution < 1.29 is 9.78 Å². The van der Waals surface area contributed by atoms with Gasteiger partial charge >= 0.3 is 0 Å². The second kappa shape index (κ2) is 4.49. The third kappa shape index (κ3) is 1.76. The zero-order valence-electron chi connectivity index (χ0n) is 13.0. The van der Waals surface area contributed by atoms with Gasteiger partial charge in [0, 0.05) is 10.8 Å². The van der Waals surface area contributed by atoms with E-state index in [2.05, 4.69) is 41.5 Å². The van der Waals surface area contributed by atoms with Crippen molar-refractivity contribution in [3.05, 3.63) is 0 Å². The standard InChI is InChI=1S/C16H30O2/c1-12-14(3,4)16(10-8-7-9-11-16)15(5,6)13(2)18-17-12/h12-13H,7-11H2,1-6H3. The summed E-state index contributed by atoms with van der Waals surface area (Å²) in [6, 6.07) is 0. The lowest BCUT2D eigenvalue weighted by molar-refractivity contribution is -0.357. The summed E-state index contributed by atoms with van der Waals surface area (Å²) in [5, 5.41) is 0. The summed E-state index contributed by atoms with van der Waals surface area (Å²) in [6.45, 7) is 13.9. The van der Waals surface area contributed by atoms with Crippen molar-refractivity contribution in [3.63, 3.8) is 0 Å². The Hall–Kier alpha value is -0.0800. The third-order valence-electron chi connectivity index (χ3n) is 6.55. The molecule has 0 amide bonds. The number of hydrogen-bond donors (Lipinski definition) is 0. The molecule has 1 aliphatic heterocycles. The van der Waals surface area contributed by atoms with E-state index in [-0.39, 0.29) is 23.0 Å². The second-order valence-electron chi connectivity index (χ2n) is 7.56. The van der Waals surface area contributed by atoms with Gasteiger partial charge < -0.3 is 0 Å². The maximum atomic E-state index is 5.69. The SMILES string of the molecule is CC1OOC(C)C(C)(C)C2(CCCCC2)C1(C)C. The lowest BCUT2D eigenvalue weighted by Gasteiger charge is -2.58. The van der Waals surface area contributed by atoms with Crippen molar-refractivity contribution in [2.75, 3.05) is 0 Å². The van der Waals surface area contributed by atoms with Gasteiger partial charge in [-0.25, -0.2) is 9.78 Å². The van der Waals surface area contributed by atoms with Gasteiger partial charge in [-0.2, -0.15) is 0 Å². The van der Waals surface area contributed by atoms with E-state index in [9.17, 15) is 0 Å². The fraction of sp³-hybridized carbons (Fsp3) is 1.00. The highest BCUT2D eigenvalue weighted by molar-refractivity contribution is 5.07. The predicted molar refractivity (Wildman–Crippen MR) is 74.2 cm³/mol. The molecule has 0 bridgehead atoms. The first-order valence-electron chi connectivity index (χ1n) is 7.58. The Bertz CT molecular complexity index is 276. The summed E-state index contributed by atoms with van der Waals surface area (Å²) in [6.07, 6.45) is 7.03. The Balaban J connectivity index is 2.50. The quantitative estimate of drug-likeness (QED) is 0.582. The van der Waals surface area contributed by atoms with E-state index in [0.29, 0.717) is 5.41 Å². The van der Waals surface area contributed by atoms with Crippen LogP contribution in [-0.4, -0.2) is 12.2 Å². The average molecular weight is 254 g/mol. The van der Waals surface area contributed by atoms with E-state index in [1.54, 1.807) is 0 Å². The highest BCUT2D eigenvalue weighted by atomic mass is 17.2. The molecule has 106 valence electrons. The molecule has 1 spiro atoms. The van der Waals surface area contributed by atoms with Crippen molar-refractivity contribution in [1.29, 1.82) is 0 Å². The van der Waals surface area contributed by atoms with Gasteiger partial charge in [-0.3, -0.25) is 0 Å². The molecule has 0 radical (unpaired) electrons. The van der Waals surface area contributed by atoms with Gasteiger partial charge in [0.25, 0.3) is 0 Å². The maximum absolute atomic E-state index is 5.69. The largest absolute Gasteiger partial charge is 0.233 e. The average Bonchev–Trinajstić information content (AvgIpc) is 2.38. The van der Waals surface area contributed by atoms with Crippen LogP contribution in [0.5, 0.6) is 0 Å². The van der Waals surface area contributed by atoms with Crippen LogP contribution in [0, 0.1) is 16.2 Å². The third-order valence-corrected chi connectivity index (χ3v) is 6.55. The first-order valence-corrected chi connectivity index (χ1v) is 7.58. The molecule has 0 N–H and O–H groups in total. The molecule has 0 aromatic carbocycles. The van der Waals surface area contributed by atoms with Crippen molar-refractivity contribution in [2.24, 2.45) is 16.2 Å². The minimum atomic E-state index is 0.153. The van der Waals surface area contributed by atoms with Gasteiger partial charge in [0.1, 0.15) is 0 Å². The highest BCUT2D eigenvalue weighted by Gasteiger charge is 2.60. The molecule has 2 heteroatoms. The van der Waals surface area contributed by atoms with Gasteiger partial charge in [0.15, 0.2) is 0 Å². The van der Waals surface area contributed by atoms with Crippen LogP contribution in [-0.2, 0) is 9.78 Å². The molecule has 0 aromatic heterocycles. The molecule has 1 saturated carbocycles. The molecule has 1 aliphatic carbocycles. The van der Waals surface area contributed by atoms with Gasteiger partial charge in [-0.1, -0.05) is 47.0 Å². The van der Waals surface area contributed by atoms with Crippen LogP contribution in [0.3, 0.4) is 0 Å². The summed E-state index contributed by atoms with van der Waals surface area (Å²) in [5.41, 5.74) is 0.636. The predicted octanol–water partition coefficient (Wildman–Crippen LogP) is 4.73. The van der Waals surface area contributed by atoms with E-state index in [1.165, 1.54) is 32.1 Å². The number of rotatable bonds is 0. The van der Waals surface area contributed by atoms with Crippen LogP contribution in [0.4, 0.5) is 0 Å². The Labute approximate surface area is 112 Å². The van der Waals surface area contributed by atoms with E-state index >= 15 is 0 Å². The maximum Gasteiger partial charge on any atom is 0.0958 e. The zero-order chi connectivity index (χ0) is 13.6. The normalized spacial score (nSPS) is 38.3. The molecular weight excluding hydrogens is 224 g/mol. The molecule has 18 heavy (non-hydrogen) atoms. The van der Waals surface area contributed by atoms with E-state index < -0.39 is 0 Å². The molecule has 1 saturated heterocycles. The topological polar surface area (TPSA) is 18.5 Å². The fourth-order valence-corrected chi connectivity index (χ4v) is 4.46. The van der Waals surface area contributed by atoms with E-state index in [1.807, 2.05) is 0 Å². The lowest BCUT2D eigenvalue weighted by Crippen LogP contribution is -2.55. The van der Waals surface area contributed by atoms with E-state index in [4.69, 9.17) is 9.78 Å². The molecule has 2 aliphatic rings. The minimum Gasteiger partial charge on any atom is -0.233 e. The number of hydrogen-bond acceptors (Lipinski definition) is 2. The Kier molecular flexibility index (Phi) is 3.57. The molecule has 2 rings (SSSR count). The first-order chi connectivity index (χ1) is 8.26. The van der Waals surface area contributed by atoms with Crippen molar-refractivity contribution in [3.8, 4) is 0 Å². The van der Waals surface area contributed by atoms with Crippen LogP contribution < -0.4 is 0 Å². The van der Waals surface area contributed by atoms with Crippen molar-refractivity contribution in [1.82, 2.24) is 0 Å².